The molecule has 0 bridgehead atoms. The molecule has 0 aliphatic heterocycles. The lowest BCUT2D eigenvalue weighted by Gasteiger charge is -2.05. The van der Waals surface area contributed by atoms with Gasteiger partial charge in [-0.3, -0.25) is 9.20 Å². The van der Waals surface area contributed by atoms with Gasteiger partial charge in [0.15, 0.2) is 5.65 Å². The van der Waals surface area contributed by atoms with Crippen LogP contribution in [0.4, 0.5) is 0 Å². The van der Waals surface area contributed by atoms with Crippen LogP contribution in [0.1, 0.15) is 6.42 Å². The number of rotatable bonds is 8. The van der Waals surface area contributed by atoms with Crippen molar-refractivity contribution in [3.8, 4) is 0 Å². The van der Waals surface area contributed by atoms with Crippen LogP contribution in [0.5, 0.6) is 0 Å². The third-order valence-corrected chi connectivity index (χ3v) is 2.81. The van der Waals surface area contributed by atoms with Crippen molar-refractivity contribution in [1.29, 1.82) is 0 Å². The molecule has 8 nitrogen and oxygen atoms in total. The Hall–Kier alpha value is -2.19. The minimum absolute atomic E-state index is 0.0108. The number of nitrogens with one attached hydrogen (secondary N) is 1. The first-order valence-corrected chi connectivity index (χ1v) is 6.72. The zero-order valence-electron chi connectivity index (χ0n) is 11.6. The highest BCUT2D eigenvalue weighted by atomic mass is 16.5. The van der Waals surface area contributed by atoms with E-state index in [0.29, 0.717) is 31.8 Å². The van der Waals surface area contributed by atoms with Gasteiger partial charge in [-0.05, 0) is 18.6 Å². The fraction of sp³-hybridized carbons (Fsp3) is 0.462. The van der Waals surface area contributed by atoms with Crippen LogP contribution in [0.25, 0.3) is 5.65 Å². The third kappa shape index (κ3) is 4.14. The van der Waals surface area contributed by atoms with Crippen LogP contribution in [0.15, 0.2) is 29.2 Å². The lowest BCUT2D eigenvalue weighted by Crippen LogP contribution is -2.33. The molecule has 0 aliphatic carbocycles. The van der Waals surface area contributed by atoms with Gasteiger partial charge in [0.25, 0.3) is 0 Å². The quantitative estimate of drug-likeness (QED) is 0.609. The number of pyridine rings is 1. The fourth-order valence-electron chi connectivity index (χ4n) is 1.83. The summed E-state index contributed by atoms with van der Waals surface area (Å²) < 4.78 is 7.59. The lowest BCUT2D eigenvalue weighted by atomic mass is 10.4. The van der Waals surface area contributed by atoms with Gasteiger partial charge in [-0.15, -0.1) is 5.10 Å². The molecule has 2 aromatic heterocycles. The summed E-state index contributed by atoms with van der Waals surface area (Å²) in [6.07, 6.45) is 2.25. The van der Waals surface area contributed by atoms with Gasteiger partial charge in [0, 0.05) is 19.3 Å². The molecule has 0 saturated heterocycles. The van der Waals surface area contributed by atoms with E-state index in [9.17, 15) is 9.59 Å². The standard InChI is InChI=1S/C13H18N4O4/c18-7-9-21-8-3-5-14-12(19)10-17-13(20)16-6-2-1-4-11(16)15-17/h1-2,4,6,18H,3,5,7-10H2,(H,14,19). The van der Waals surface area contributed by atoms with E-state index < -0.39 is 0 Å². The summed E-state index contributed by atoms with van der Waals surface area (Å²) in [5, 5.41) is 15.3. The molecule has 21 heavy (non-hydrogen) atoms. The van der Waals surface area contributed by atoms with E-state index in [4.69, 9.17) is 9.84 Å². The SMILES string of the molecule is O=C(Cn1nc2ccccn2c1=O)NCCCOCCO. The predicted molar refractivity (Wildman–Crippen MR) is 75.0 cm³/mol. The Morgan fingerprint density at radius 1 is 1.38 bits per heavy atom. The molecule has 2 aromatic rings. The Morgan fingerprint density at radius 2 is 2.24 bits per heavy atom. The lowest BCUT2D eigenvalue weighted by molar-refractivity contribution is -0.121. The van der Waals surface area contributed by atoms with Gasteiger partial charge in [0.05, 0.1) is 13.2 Å². The molecule has 8 heteroatoms. The van der Waals surface area contributed by atoms with Gasteiger partial charge >= 0.3 is 5.69 Å². The second kappa shape index (κ2) is 7.55. The highest BCUT2D eigenvalue weighted by Crippen LogP contribution is 1.94. The van der Waals surface area contributed by atoms with Gasteiger partial charge in [0.1, 0.15) is 6.54 Å². The number of hydrogen-bond acceptors (Lipinski definition) is 5. The molecule has 0 unspecified atom stereocenters. The number of nitrogens with zero attached hydrogens (tertiary/aromatic N) is 3. The minimum atomic E-state index is -0.341. The molecular weight excluding hydrogens is 276 g/mol. The van der Waals surface area contributed by atoms with Crippen molar-refractivity contribution in [2.75, 3.05) is 26.4 Å². The van der Waals surface area contributed by atoms with E-state index in [1.54, 1.807) is 24.4 Å². The first-order chi connectivity index (χ1) is 10.2. The number of carbonyl (C=O) groups excluding carboxylic acids is 1. The van der Waals surface area contributed by atoms with Crippen LogP contribution >= 0.6 is 0 Å². The van der Waals surface area contributed by atoms with Crippen molar-refractivity contribution in [2.24, 2.45) is 0 Å². The Bertz CT molecular complexity index is 649. The summed E-state index contributed by atoms with van der Waals surface area (Å²) in [7, 11) is 0. The highest BCUT2D eigenvalue weighted by Gasteiger charge is 2.09. The van der Waals surface area contributed by atoms with E-state index in [1.807, 2.05) is 0 Å². The Labute approximate surface area is 121 Å². The molecule has 2 N–H and O–H groups in total. The smallest absolute Gasteiger partial charge is 0.350 e. The summed E-state index contributed by atoms with van der Waals surface area (Å²) >= 11 is 0. The van der Waals surface area contributed by atoms with Gasteiger partial charge in [0.2, 0.25) is 5.91 Å². The number of carbonyl (C=O) groups is 1. The predicted octanol–water partition coefficient (Wildman–Crippen LogP) is -0.989. The summed E-state index contributed by atoms with van der Waals surface area (Å²) in [6.45, 7) is 1.09. The van der Waals surface area contributed by atoms with Gasteiger partial charge in [-0.25, -0.2) is 9.48 Å². The van der Waals surface area contributed by atoms with Crippen molar-refractivity contribution in [1.82, 2.24) is 19.5 Å². The molecule has 2 heterocycles. The van der Waals surface area contributed by atoms with E-state index in [1.165, 1.54) is 4.40 Å². The number of amides is 1. The van der Waals surface area contributed by atoms with Crippen molar-refractivity contribution >= 4 is 11.6 Å². The topological polar surface area (TPSA) is 97.9 Å². The van der Waals surface area contributed by atoms with Crippen LogP contribution in [-0.4, -0.2) is 51.6 Å². The second-order valence-corrected chi connectivity index (χ2v) is 4.41. The van der Waals surface area contributed by atoms with E-state index in [-0.39, 0.29) is 24.7 Å². The van der Waals surface area contributed by atoms with Gasteiger partial charge in [-0.1, -0.05) is 6.07 Å². The number of aliphatic hydroxyl groups is 1. The van der Waals surface area contributed by atoms with Crippen molar-refractivity contribution in [3.05, 3.63) is 34.9 Å². The van der Waals surface area contributed by atoms with Crippen molar-refractivity contribution in [2.45, 2.75) is 13.0 Å². The van der Waals surface area contributed by atoms with Crippen LogP contribution < -0.4 is 11.0 Å². The van der Waals surface area contributed by atoms with E-state index >= 15 is 0 Å². The summed E-state index contributed by atoms with van der Waals surface area (Å²) in [4.78, 5) is 23.7. The molecule has 0 aliphatic rings. The summed E-state index contributed by atoms with van der Waals surface area (Å²) in [5.41, 5.74) is 0.166. The minimum Gasteiger partial charge on any atom is -0.394 e. The normalized spacial score (nSPS) is 10.9. The number of aliphatic hydroxyl groups excluding tert-OH is 1. The molecule has 114 valence electrons. The van der Waals surface area contributed by atoms with Crippen LogP contribution in [0.2, 0.25) is 0 Å². The largest absolute Gasteiger partial charge is 0.394 e. The Balaban J connectivity index is 1.82. The maximum absolute atomic E-state index is 12.0. The monoisotopic (exact) mass is 294 g/mol. The van der Waals surface area contributed by atoms with Crippen molar-refractivity contribution in [3.63, 3.8) is 0 Å². The first kappa shape index (κ1) is 15.2. The molecule has 0 radical (unpaired) electrons. The fourth-order valence-corrected chi connectivity index (χ4v) is 1.83. The molecule has 1 amide bonds. The van der Waals surface area contributed by atoms with Gasteiger partial charge in [-0.2, -0.15) is 0 Å². The van der Waals surface area contributed by atoms with Gasteiger partial charge < -0.3 is 15.2 Å². The second-order valence-electron chi connectivity index (χ2n) is 4.41. The van der Waals surface area contributed by atoms with E-state index in [2.05, 4.69) is 10.4 Å². The van der Waals surface area contributed by atoms with Crippen LogP contribution in [0.3, 0.4) is 0 Å². The highest BCUT2D eigenvalue weighted by molar-refractivity contribution is 5.75. The molecule has 2 rings (SSSR count). The molecule has 0 aromatic carbocycles. The number of aromatic nitrogens is 3. The van der Waals surface area contributed by atoms with E-state index in [0.717, 1.165) is 4.68 Å². The Morgan fingerprint density at radius 3 is 3.00 bits per heavy atom. The number of ether oxygens (including phenoxy) is 1. The average molecular weight is 294 g/mol. The van der Waals surface area contributed by atoms with Crippen LogP contribution in [0, 0.1) is 0 Å². The zero-order chi connectivity index (χ0) is 15.1. The maximum Gasteiger partial charge on any atom is 0.350 e. The molecule has 0 saturated carbocycles. The first-order valence-electron chi connectivity index (χ1n) is 6.72. The average Bonchev–Trinajstić information content (AvgIpc) is 2.80. The Kier molecular flexibility index (Phi) is 5.47. The molecular formula is C13H18N4O4. The maximum atomic E-state index is 12.0. The summed E-state index contributed by atoms with van der Waals surface area (Å²) in [6, 6.07) is 5.21. The molecule has 0 fully saturated rings. The van der Waals surface area contributed by atoms with Crippen LogP contribution in [-0.2, 0) is 16.1 Å². The number of hydrogen-bond donors (Lipinski definition) is 2. The number of fused-ring (bicyclic) bond motifs is 1. The summed E-state index contributed by atoms with van der Waals surface area (Å²) in [5.74, 6) is -0.275. The molecule has 0 atom stereocenters. The zero-order valence-corrected chi connectivity index (χ0v) is 11.6. The molecule has 0 spiro atoms. The third-order valence-electron chi connectivity index (χ3n) is 2.81. The van der Waals surface area contributed by atoms with Crippen molar-refractivity contribution < 1.29 is 14.6 Å².